The van der Waals surface area contributed by atoms with E-state index in [4.69, 9.17) is 10.5 Å². The molecule has 2 amide bonds. The molecular weight excluding hydrogens is 454 g/mol. The molecule has 2 aromatic heterocycles. The minimum Gasteiger partial charge on any atom is -0.494 e. The van der Waals surface area contributed by atoms with Crippen LogP contribution in [0.3, 0.4) is 0 Å². The Bertz CT molecular complexity index is 1280. The van der Waals surface area contributed by atoms with Gasteiger partial charge >= 0.3 is 0 Å². The number of carbonyl (C=O) groups excluding carboxylic acids is 2. The van der Waals surface area contributed by atoms with Crippen LogP contribution in [0.15, 0.2) is 72.3 Å². The fraction of sp³-hybridized carbons (Fsp3) is 0.130. The second kappa shape index (κ2) is 10.6. The number of nitrogens with zero attached hydrogens (tertiary/aromatic N) is 5. The van der Waals surface area contributed by atoms with Gasteiger partial charge in [0.1, 0.15) is 11.4 Å². The van der Waals surface area contributed by atoms with Gasteiger partial charge < -0.3 is 15.8 Å². The smallest absolute Gasteiger partial charge is 0.248 e. The highest BCUT2D eigenvalue weighted by Crippen LogP contribution is 2.28. The minimum absolute atomic E-state index is 0.0905. The third-order valence-electron chi connectivity index (χ3n) is 4.62. The highest BCUT2D eigenvalue weighted by Gasteiger charge is 2.18. The summed E-state index contributed by atoms with van der Waals surface area (Å²) in [5, 5.41) is 11.9. The molecule has 3 N–H and O–H groups in total. The van der Waals surface area contributed by atoms with Gasteiger partial charge in [0.15, 0.2) is 11.0 Å². The average molecular weight is 476 g/mol. The maximum atomic E-state index is 12.5. The number of benzene rings is 2. The number of ether oxygens (including phenoxy) is 1. The number of nitrogens with two attached hydrogens (primary N) is 1. The summed E-state index contributed by atoms with van der Waals surface area (Å²) in [5.74, 6) is 0.575. The van der Waals surface area contributed by atoms with Gasteiger partial charge in [-0.25, -0.2) is 4.98 Å². The molecule has 0 aliphatic rings. The van der Waals surface area contributed by atoms with E-state index in [9.17, 15) is 9.59 Å². The summed E-state index contributed by atoms with van der Waals surface area (Å²) >= 11 is 1.23. The van der Waals surface area contributed by atoms with Crippen LogP contribution >= 0.6 is 11.8 Å². The molecule has 0 aliphatic heterocycles. The van der Waals surface area contributed by atoms with Gasteiger partial charge in [-0.2, -0.15) is 0 Å². The van der Waals surface area contributed by atoms with Crippen LogP contribution in [0, 0.1) is 0 Å². The molecule has 2 heterocycles. The van der Waals surface area contributed by atoms with E-state index in [2.05, 4.69) is 25.5 Å². The van der Waals surface area contributed by atoms with Crippen LogP contribution in [0.5, 0.6) is 5.75 Å². The number of hydrogen-bond donors (Lipinski definition) is 2. The fourth-order valence-electron chi connectivity index (χ4n) is 3.08. The average Bonchev–Trinajstić information content (AvgIpc) is 3.28. The van der Waals surface area contributed by atoms with Gasteiger partial charge in [0.25, 0.3) is 0 Å². The normalized spacial score (nSPS) is 10.6. The Morgan fingerprint density at radius 3 is 2.47 bits per heavy atom. The Balaban J connectivity index is 1.54. The van der Waals surface area contributed by atoms with Crippen LogP contribution in [-0.4, -0.2) is 48.9 Å². The summed E-state index contributed by atoms with van der Waals surface area (Å²) in [6, 6.07) is 13.8. The molecule has 0 saturated carbocycles. The van der Waals surface area contributed by atoms with Crippen LogP contribution in [0.2, 0.25) is 0 Å². The van der Waals surface area contributed by atoms with E-state index in [0.717, 1.165) is 11.4 Å². The van der Waals surface area contributed by atoms with Gasteiger partial charge in [0.05, 0.1) is 24.2 Å². The predicted molar refractivity (Wildman–Crippen MR) is 128 cm³/mol. The molecule has 0 saturated heterocycles. The number of thioether (sulfide) groups is 1. The predicted octanol–water partition coefficient (Wildman–Crippen LogP) is 2.95. The van der Waals surface area contributed by atoms with E-state index < -0.39 is 5.91 Å². The van der Waals surface area contributed by atoms with Crippen molar-refractivity contribution in [2.75, 3.05) is 17.7 Å². The summed E-state index contributed by atoms with van der Waals surface area (Å²) in [6.07, 6.45) is 4.76. The number of anilines is 1. The number of carbonyl (C=O) groups is 2. The second-order valence-corrected chi connectivity index (χ2v) is 7.88. The molecule has 0 spiro atoms. The standard InChI is InChI=1S/C23H21N7O3S/c1-2-33-18-9-7-17(8-10-18)30-22(19-13-25-11-12-26-19)28-29-23(30)34-14-20(31)27-16-5-3-15(4-6-16)21(24)32/h3-13H,2,14H2,1H3,(H2,24,32)(H,27,31). The van der Waals surface area contributed by atoms with Crippen molar-refractivity contribution in [2.45, 2.75) is 12.1 Å². The molecule has 0 fully saturated rings. The third kappa shape index (κ3) is 5.38. The first-order chi connectivity index (χ1) is 16.5. The molecule has 172 valence electrons. The Labute approximate surface area is 199 Å². The van der Waals surface area contributed by atoms with Crippen LogP contribution < -0.4 is 15.8 Å². The van der Waals surface area contributed by atoms with E-state index in [1.54, 1.807) is 42.9 Å². The van der Waals surface area contributed by atoms with Crippen molar-refractivity contribution in [2.24, 2.45) is 5.73 Å². The van der Waals surface area contributed by atoms with Crippen LogP contribution in [0.1, 0.15) is 17.3 Å². The quantitative estimate of drug-likeness (QED) is 0.352. The molecule has 4 rings (SSSR count). The first-order valence-corrected chi connectivity index (χ1v) is 11.3. The van der Waals surface area contributed by atoms with Crippen LogP contribution in [0.25, 0.3) is 17.2 Å². The summed E-state index contributed by atoms with van der Waals surface area (Å²) in [4.78, 5) is 32.2. The number of hydrogen-bond acceptors (Lipinski definition) is 8. The molecule has 4 aromatic rings. The molecule has 11 heteroatoms. The Morgan fingerprint density at radius 2 is 1.82 bits per heavy atom. The second-order valence-electron chi connectivity index (χ2n) is 6.94. The lowest BCUT2D eigenvalue weighted by atomic mass is 10.2. The molecule has 0 atom stereocenters. The number of nitrogens with one attached hydrogen (secondary N) is 1. The number of amides is 2. The van der Waals surface area contributed by atoms with E-state index in [0.29, 0.717) is 34.5 Å². The number of rotatable bonds is 9. The SMILES string of the molecule is CCOc1ccc(-n2c(SCC(=O)Nc3ccc(C(N)=O)cc3)nnc2-c2cnccn2)cc1. The molecule has 0 bridgehead atoms. The largest absolute Gasteiger partial charge is 0.494 e. The molecule has 0 aliphatic carbocycles. The van der Waals surface area contributed by atoms with Gasteiger partial charge in [-0.3, -0.25) is 19.1 Å². The highest BCUT2D eigenvalue weighted by atomic mass is 32.2. The van der Waals surface area contributed by atoms with E-state index in [-0.39, 0.29) is 11.7 Å². The first-order valence-electron chi connectivity index (χ1n) is 10.3. The number of primary amides is 1. The zero-order chi connectivity index (χ0) is 23.9. The van der Waals surface area contributed by atoms with Crippen molar-refractivity contribution >= 4 is 29.3 Å². The molecule has 10 nitrogen and oxygen atoms in total. The van der Waals surface area contributed by atoms with Crippen molar-refractivity contribution in [3.8, 4) is 23.0 Å². The summed E-state index contributed by atoms with van der Waals surface area (Å²) < 4.78 is 7.35. The zero-order valence-electron chi connectivity index (χ0n) is 18.2. The first kappa shape index (κ1) is 22.9. The fourth-order valence-corrected chi connectivity index (χ4v) is 3.83. The third-order valence-corrected chi connectivity index (χ3v) is 5.55. The summed E-state index contributed by atoms with van der Waals surface area (Å²) in [5.41, 5.74) is 7.51. The summed E-state index contributed by atoms with van der Waals surface area (Å²) in [6.45, 7) is 2.49. The van der Waals surface area contributed by atoms with Gasteiger partial charge in [-0.05, 0) is 55.5 Å². The zero-order valence-corrected chi connectivity index (χ0v) is 19.0. The van der Waals surface area contributed by atoms with Crippen LogP contribution in [-0.2, 0) is 4.79 Å². The molecule has 0 radical (unpaired) electrons. The minimum atomic E-state index is -0.527. The van der Waals surface area contributed by atoms with E-state index in [1.165, 1.54) is 11.8 Å². The van der Waals surface area contributed by atoms with Crippen LogP contribution in [0.4, 0.5) is 5.69 Å². The molecular formula is C23H21N7O3S. The van der Waals surface area contributed by atoms with E-state index >= 15 is 0 Å². The lowest BCUT2D eigenvalue weighted by Gasteiger charge is -2.11. The highest BCUT2D eigenvalue weighted by molar-refractivity contribution is 7.99. The number of aromatic nitrogens is 5. The Hall–Kier alpha value is -4.25. The van der Waals surface area contributed by atoms with Crippen molar-refractivity contribution in [1.82, 2.24) is 24.7 Å². The van der Waals surface area contributed by atoms with Gasteiger partial charge in [0, 0.05) is 23.6 Å². The van der Waals surface area contributed by atoms with Crippen molar-refractivity contribution < 1.29 is 14.3 Å². The lowest BCUT2D eigenvalue weighted by molar-refractivity contribution is -0.113. The molecule has 34 heavy (non-hydrogen) atoms. The van der Waals surface area contributed by atoms with Gasteiger partial charge in [-0.1, -0.05) is 11.8 Å². The monoisotopic (exact) mass is 475 g/mol. The van der Waals surface area contributed by atoms with Crippen molar-refractivity contribution in [3.63, 3.8) is 0 Å². The maximum absolute atomic E-state index is 12.5. The molecule has 0 unspecified atom stereocenters. The molecule has 2 aromatic carbocycles. The van der Waals surface area contributed by atoms with E-state index in [1.807, 2.05) is 35.8 Å². The Kier molecular flexibility index (Phi) is 7.13. The Morgan fingerprint density at radius 1 is 1.06 bits per heavy atom. The lowest BCUT2D eigenvalue weighted by Crippen LogP contribution is -2.15. The van der Waals surface area contributed by atoms with Crippen molar-refractivity contribution in [1.29, 1.82) is 0 Å². The van der Waals surface area contributed by atoms with Gasteiger partial charge in [0.2, 0.25) is 11.8 Å². The van der Waals surface area contributed by atoms with Crippen molar-refractivity contribution in [3.05, 3.63) is 72.7 Å². The maximum Gasteiger partial charge on any atom is 0.248 e. The topological polar surface area (TPSA) is 138 Å². The summed E-state index contributed by atoms with van der Waals surface area (Å²) in [7, 11) is 0. The van der Waals surface area contributed by atoms with Gasteiger partial charge in [-0.15, -0.1) is 10.2 Å².